The largest absolute Gasteiger partial charge is 0.392 e. The van der Waals surface area contributed by atoms with Crippen LogP contribution in [0.5, 0.6) is 0 Å². The first-order valence-corrected chi connectivity index (χ1v) is 7.49. The SMILES string of the molecule is OC1CCc2cccc(Br)c2C12CCCCC2. The third-order valence-electron chi connectivity index (χ3n) is 4.67. The van der Waals surface area contributed by atoms with Crippen LogP contribution in [0, 0.1) is 0 Å². The van der Waals surface area contributed by atoms with E-state index in [9.17, 15) is 5.11 Å². The third kappa shape index (κ3) is 1.77. The highest BCUT2D eigenvalue weighted by Crippen LogP contribution is 2.49. The second kappa shape index (κ2) is 4.40. The number of fused-ring (bicyclic) bond motifs is 2. The molecule has 0 heterocycles. The Labute approximate surface area is 111 Å². The minimum absolute atomic E-state index is 0.0475. The molecule has 2 heteroatoms. The van der Waals surface area contributed by atoms with Crippen molar-refractivity contribution in [2.45, 2.75) is 56.5 Å². The molecule has 17 heavy (non-hydrogen) atoms. The Bertz CT molecular complexity index is 421. The molecule has 1 unspecified atom stereocenters. The van der Waals surface area contributed by atoms with E-state index >= 15 is 0 Å². The minimum Gasteiger partial charge on any atom is -0.392 e. The van der Waals surface area contributed by atoms with E-state index in [0.29, 0.717) is 0 Å². The maximum atomic E-state index is 10.5. The lowest BCUT2D eigenvalue weighted by Gasteiger charge is -2.46. The van der Waals surface area contributed by atoms with Gasteiger partial charge in [0.05, 0.1) is 6.10 Å². The van der Waals surface area contributed by atoms with Crippen LogP contribution in [0.25, 0.3) is 0 Å². The average Bonchev–Trinajstić information content (AvgIpc) is 2.35. The molecule has 0 radical (unpaired) electrons. The summed E-state index contributed by atoms with van der Waals surface area (Å²) in [5.41, 5.74) is 2.91. The molecule has 92 valence electrons. The van der Waals surface area contributed by atoms with Gasteiger partial charge in [-0.15, -0.1) is 0 Å². The van der Waals surface area contributed by atoms with Gasteiger partial charge < -0.3 is 5.11 Å². The summed E-state index contributed by atoms with van der Waals surface area (Å²) in [6.07, 6.45) is 7.98. The van der Waals surface area contributed by atoms with Gasteiger partial charge >= 0.3 is 0 Å². The van der Waals surface area contributed by atoms with Crippen LogP contribution in [0.1, 0.15) is 49.7 Å². The summed E-state index contributed by atoms with van der Waals surface area (Å²) < 4.78 is 1.20. The standard InChI is InChI=1S/C15H19BrO/c16-12-6-4-5-11-7-8-13(17)15(14(11)12)9-2-1-3-10-15/h4-6,13,17H,1-3,7-10H2. The number of hydrogen-bond donors (Lipinski definition) is 1. The number of aryl methyl sites for hydroxylation is 1. The molecule has 1 aromatic carbocycles. The Morgan fingerprint density at radius 3 is 2.71 bits per heavy atom. The first kappa shape index (κ1) is 11.7. The fraction of sp³-hybridized carbons (Fsp3) is 0.600. The van der Waals surface area contributed by atoms with E-state index in [4.69, 9.17) is 0 Å². The Morgan fingerprint density at radius 1 is 1.18 bits per heavy atom. The third-order valence-corrected chi connectivity index (χ3v) is 5.33. The Morgan fingerprint density at radius 2 is 1.94 bits per heavy atom. The van der Waals surface area contributed by atoms with Crippen molar-refractivity contribution in [2.75, 3.05) is 0 Å². The highest BCUT2D eigenvalue weighted by Gasteiger charge is 2.44. The van der Waals surface area contributed by atoms with Crippen LogP contribution in [0.15, 0.2) is 22.7 Å². The molecule has 0 bridgehead atoms. The van der Waals surface area contributed by atoms with Gasteiger partial charge in [-0.25, -0.2) is 0 Å². The number of benzene rings is 1. The average molecular weight is 295 g/mol. The van der Waals surface area contributed by atoms with Crippen molar-refractivity contribution in [3.63, 3.8) is 0 Å². The van der Waals surface area contributed by atoms with Crippen LogP contribution in [0.4, 0.5) is 0 Å². The number of hydrogen-bond acceptors (Lipinski definition) is 1. The molecule has 0 aromatic heterocycles. The number of aliphatic hydroxyl groups excluding tert-OH is 1. The fourth-order valence-corrected chi connectivity index (χ4v) is 4.64. The lowest BCUT2D eigenvalue weighted by Crippen LogP contribution is -2.45. The smallest absolute Gasteiger partial charge is 0.0640 e. The van der Waals surface area contributed by atoms with Crippen molar-refractivity contribution >= 4 is 15.9 Å². The van der Waals surface area contributed by atoms with Crippen LogP contribution in [-0.4, -0.2) is 11.2 Å². The number of halogens is 1. The van der Waals surface area contributed by atoms with Gasteiger partial charge in [-0.1, -0.05) is 47.3 Å². The quantitative estimate of drug-likeness (QED) is 0.768. The zero-order chi connectivity index (χ0) is 11.9. The van der Waals surface area contributed by atoms with Gasteiger partial charge in [0.2, 0.25) is 0 Å². The number of aliphatic hydroxyl groups is 1. The normalized spacial score (nSPS) is 26.8. The van der Waals surface area contributed by atoms with Gasteiger partial charge in [0.25, 0.3) is 0 Å². The van der Waals surface area contributed by atoms with E-state index in [-0.39, 0.29) is 11.5 Å². The van der Waals surface area contributed by atoms with Gasteiger partial charge in [0, 0.05) is 9.89 Å². The molecule has 1 nitrogen and oxygen atoms in total. The van der Waals surface area contributed by atoms with Gasteiger partial charge in [-0.3, -0.25) is 0 Å². The lowest BCUT2D eigenvalue weighted by atomic mass is 9.61. The van der Waals surface area contributed by atoms with Crippen LogP contribution in [0.3, 0.4) is 0 Å². The van der Waals surface area contributed by atoms with E-state index in [0.717, 1.165) is 25.7 Å². The van der Waals surface area contributed by atoms with E-state index < -0.39 is 0 Å². The molecule has 1 spiro atoms. The second-order valence-electron chi connectivity index (χ2n) is 5.55. The molecular formula is C15H19BrO. The van der Waals surface area contributed by atoms with E-state index in [1.54, 1.807) is 0 Å². The zero-order valence-electron chi connectivity index (χ0n) is 10.1. The molecule has 1 fully saturated rings. The van der Waals surface area contributed by atoms with Crippen molar-refractivity contribution in [2.24, 2.45) is 0 Å². The van der Waals surface area contributed by atoms with Gasteiger partial charge in [0.15, 0.2) is 0 Å². The summed E-state index contributed by atoms with van der Waals surface area (Å²) in [6, 6.07) is 6.49. The summed E-state index contributed by atoms with van der Waals surface area (Å²) in [4.78, 5) is 0. The molecule has 1 N–H and O–H groups in total. The molecule has 1 aromatic rings. The predicted molar refractivity (Wildman–Crippen MR) is 73.2 cm³/mol. The predicted octanol–water partition coefficient (Wildman–Crippen LogP) is 3.96. The van der Waals surface area contributed by atoms with Crippen LogP contribution < -0.4 is 0 Å². The maximum Gasteiger partial charge on any atom is 0.0640 e. The fourth-order valence-electron chi connectivity index (χ4n) is 3.84. The zero-order valence-corrected chi connectivity index (χ0v) is 11.7. The Balaban J connectivity index is 2.15. The van der Waals surface area contributed by atoms with Crippen molar-refractivity contribution in [3.8, 4) is 0 Å². The molecule has 0 saturated heterocycles. The highest BCUT2D eigenvalue weighted by atomic mass is 79.9. The molecule has 0 amide bonds. The van der Waals surface area contributed by atoms with E-state index in [1.165, 1.54) is 34.9 Å². The summed E-state index contributed by atoms with van der Waals surface area (Å²) >= 11 is 3.71. The molecule has 1 atom stereocenters. The number of rotatable bonds is 0. The van der Waals surface area contributed by atoms with Crippen molar-refractivity contribution in [3.05, 3.63) is 33.8 Å². The Kier molecular flexibility index (Phi) is 3.04. The monoisotopic (exact) mass is 294 g/mol. The van der Waals surface area contributed by atoms with E-state index in [1.807, 2.05) is 0 Å². The second-order valence-corrected chi connectivity index (χ2v) is 6.40. The van der Waals surface area contributed by atoms with Gasteiger partial charge in [0.1, 0.15) is 0 Å². The summed E-state index contributed by atoms with van der Waals surface area (Å²) in [7, 11) is 0. The van der Waals surface area contributed by atoms with E-state index in [2.05, 4.69) is 34.1 Å². The lowest BCUT2D eigenvalue weighted by molar-refractivity contribution is 0.0385. The molecule has 0 aliphatic heterocycles. The van der Waals surface area contributed by atoms with Crippen molar-refractivity contribution < 1.29 is 5.11 Å². The van der Waals surface area contributed by atoms with Crippen LogP contribution >= 0.6 is 15.9 Å². The maximum absolute atomic E-state index is 10.5. The first-order valence-electron chi connectivity index (χ1n) is 6.70. The van der Waals surface area contributed by atoms with Crippen LogP contribution in [-0.2, 0) is 11.8 Å². The summed E-state index contributed by atoms with van der Waals surface area (Å²) in [5.74, 6) is 0. The Hall–Kier alpha value is -0.340. The first-order chi connectivity index (χ1) is 8.24. The molecule has 2 aliphatic carbocycles. The topological polar surface area (TPSA) is 20.2 Å². The van der Waals surface area contributed by atoms with Gasteiger partial charge in [-0.2, -0.15) is 0 Å². The molecular weight excluding hydrogens is 276 g/mol. The van der Waals surface area contributed by atoms with Crippen molar-refractivity contribution in [1.82, 2.24) is 0 Å². The summed E-state index contributed by atoms with van der Waals surface area (Å²) in [5, 5.41) is 10.5. The minimum atomic E-state index is -0.144. The molecule has 1 saturated carbocycles. The molecule has 2 aliphatic rings. The van der Waals surface area contributed by atoms with Gasteiger partial charge in [-0.05, 0) is 42.9 Å². The van der Waals surface area contributed by atoms with Crippen LogP contribution in [0.2, 0.25) is 0 Å². The van der Waals surface area contributed by atoms with Crippen molar-refractivity contribution in [1.29, 1.82) is 0 Å². The molecule has 3 rings (SSSR count). The highest BCUT2D eigenvalue weighted by molar-refractivity contribution is 9.10. The summed E-state index contributed by atoms with van der Waals surface area (Å²) in [6.45, 7) is 0.